The van der Waals surface area contributed by atoms with Gasteiger partial charge in [0.25, 0.3) is 0 Å². The maximum Gasteiger partial charge on any atom is 0.184 e. The lowest BCUT2D eigenvalue weighted by Crippen LogP contribution is -2.42. The van der Waals surface area contributed by atoms with Gasteiger partial charge in [0.2, 0.25) is 0 Å². The van der Waals surface area contributed by atoms with Crippen LogP contribution >= 0.6 is 0 Å². The van der Waals surface area contributed by atoms with E-state index < -0.39 is 18.5 Å². The molecular weight excluding hydrogens is 232 g/mol. The van der Waals surface area contributed by atoms with Gasteiger partial charge in [-0.2, -0.15) is 0 Å². The van der Waals surface area contributed by atoms with Gasteiger partial charge in [0.15, 0.2) is 6.29 Å². The summed E-state index contributed by atoms with van der Waals surface area (Å²) >= 11 is 0. The molecule has 0 aliphatic carbocycles. The van der Waals surface area contributed by atoms with E-state index in [1.165, 1.54) is 0 Å². The zero-order valence-corrected chi connectivity index (χ0v) is 10.5. The van der Waals surface area contributed by atoms with Crippen LogP contribution in [0.3, 0.4) is 0 Å². The monoisotopic (exact) mass is 252 g/mol. The highest BCUT2D eigenvalue weighted by molar-refractivity contribution is 5.16. The molecule has 0 bridgehead atoms. The van der Waals surface area contributed by atoms with E-state index in [4.69, 9.17) is 9.47 Å². The van der Waals surface area contributed by atoms with Crippen LogP contribution in [0.1, 0.15) is 31.6 Å². The van der Waals surface area contributed by atoms with Crippen molar-refractivity contribution in [2.45, 2.75) is 44.4 Å². The molecule has 1 heterocycles. The van der Waals surface area contributed by atoms with Crippen molar-refractivity contribution in [2.75, 3.05) is 6.61 Å². The predicted octanol–water partition coefficient (Wildman–Crippen LogP) is 1.62. The molecule has 0 amide bonds. The smallest absolute Gasteiger partial charge is 0.184 e. The Labute approximate surface area is 107 Å². The van der Waals surface area contributed by atoms with Gasteiger partial charge in [0.1, 0.15) is 6.10 Å². The lowest BCUT2D eigenvalue weighted by atomic mass is 10.0. The third kappa shape index (κ3) is 3.29. The molecule has 1 aliphatic rings. The zero-order valence-electron chi connectivity index (χ0n) is 10.5. The first-order valence-corrected chi connectivity index (χ1v) is 6.38. The predicted molar refractivity (Wildman–Crippen MR) is 66.9 cm³/mol. The third-order valence-corrected chi connectivity index (χ3v) is 3.19. The van der Waals surface area contributed by atoms with Crippen molar-refractivity contribution >= 4 is 0 Å². The average molecular weight is 252 g/mol. The molecule has 0 saturated carbocycles. The Hall–Kier alpha value is -0.940. The molecule has 18 heavy (non-hydrogen) atoms. The highest BCUT2D eigenvalue weighted by Crippen LogP contribution is 2.28. The van der Waals surface area contributed by atoms with Gasteiger partial charge < -0.3 is 19.7 Å². The molecule has 100 valence electrons. The van der Waals surface area contributed by atoms with E-state index in [0.29, 0.717) is 12.8 Å². The van der Waals surface area contributed by atoms with Gasteiger partial charge in [0.05, 0.1) is 18.8 Å². The van der Waals surface area contributed by atoms with Crippen molar-refractivity contribution in [1.82, 2.24) is 0 Å². The van der Waals surface area contributed by atoms with E-state index in [-0.39, 0.29) is 12.7 Å². The molecule has 1 aromatic rings. The van der Waals surface area contributed by atoms with Crippen LogP contribution in [0.5, 0.6) is 0 Å². The van der Waals surface area contributed by atoms with Gasteiger partial charge >= 0.3 is 0 Å². The van der Waals surface area contributed by atoms with Crippen LogP contribution in [0.2, 0.25) is 0 Å². The van der Waals surface area contributed by atoms with E-state index in [2.05, 4.69) is 0 Å². The van der Waals surface area contributed by atoms with E-state index >= 15 is 0 Å². The highest BCUT2D eigenvalue weighted by atomic mass is 16.7. The molecule has 1 unspecified atom stereocenters. The summed E-state index contributed by atoms with van der Waals surface area (Å²) < 4.78 is 11.2. The Balaban J connectivity index is 2.00. The second-order valence-corrected chi connectivity index (χ2v) is 4.62. The van der Waals surface area contributed by atoms with Crippen LogP contribution in [0.4, 0.5) is 0 Å². The van der Waals surface area contributed by atoms with Gasteiger partial charge in [-0.15, -0.1) is 0 Å². The van der Waals surface area contributed by atoms with Crippen molar-refractivity contribution in [1.29, 1.82) is 0 Å². The minimum absolute atomic E-state index is 0.237. The summed E-state index contributed by atoms with van der Waals surface area (Å²) in [6.07, 6.45) is -0.860. The average Bonchev–Trinajstić information content (AvgIpc) is 2.42. The Morgan fingerprint density at radius 1 is 1.33 bits per heavy atom. The van der Waals surface area contributed by atoms with E-state index in [1.54, 1.807) is 0 Å². The van der Waals surface area contributed by atoms with Gasteiger partial charge in [-0.3, -0.25) is 0 Å². The van der Waals surface area contributed by atoms with Crippen LogP contribution in [0.25, 0.3) is 0 Å². The fourth-order valence-electron chi connectivity index (χ4n) is 2.01. The molecule has 1 aromatic carbocycles. The molecule has 1 fully saturated rings. The molecule has 4 nitrogen and oxygen atoms in total. The van der Waals surface area contributed by atoms with E-state index in [1.807, 2.05) is 37.3 Å². The van der Waals surface area contributed by atoms with Crippen molar-refractivity contribution in [3.63, 3.8) is 0 Å². The Morgan fingerprint density at radius 3 is 2.72 bits per heavy atom. The number of hydrogen-bond acceptors (Lipinski definition) is 4. The van der Waals surface area contributed by atoms with Gasteiger partial charge in [-0.25, -0.2) is 0 Å². The molecule has 0 aromatic heterocycles. The number of hydrogen-bond donors (Lipinski definition) is 2. The molecule has 2 rings (SSSR count). The Bertz CT molecular complexity index is 354. The third-order valence-electron chi connectivity index (χ3n) is 3.19. The van der Waals surface area contributed by atoms with E-state index in [9.17, 15) is 10.2 Å². The Kier molecular flexibility index (Phi) is 4.72. The number of aliphatic hydroxyl groups excluding tert-OH is 2. The van der Waals surface area contributed by atoms with Crippen LogP contribution in [0.15, 0.2) is 30.3 Å². The summed E-state index contributed by atoms with van der Waals surface area (Å²) in [5.41, 5.74) is 0.931. The Morgan fingerprint density at radius 2 is 2.06 bits per heavy atom. The van der Waals surface area contributed by atoms with Crippen LogP contribution in [0, 0.1) is 0 Å². The number of rotatable bonds is 4. The molecule has 0 radical (unpaired) electrons. The summed E-state index contributed by atoms with van der Waals surface area (Å²) in [6.45, 7) is 2.14. The number of aliphatic hydroxyl groups is 2. The second kappa shape index (κ2) is 6.29. The topological polar surface area (TPSA) is 58.9 Å². The van der Waals surface area contributed by atoms with Gasteiger partial charge in [-0.1, -0.05) is 37.3 Å². The largest absolute Gasteiger partial charge is 0.393 e. The number of benzene rings is 1. The quantitative estimate of drug-likeness (QED) is 0.855. The second-order valence-electron chi connectivity index (χ2n) is 4.62. The lowest BCUT2D eigenvalue weighted by Gasteiger charge is -2.35. The van der Waals surface area contributed by atoms with Crippen LogP contribution in [-0.2, 0) is 9.47 Å². The molecule has 4 heteroatoms. The lowest BCUT2D eigenvalue weighted by molar-refractivity contribution is -0.261. The van der Waals surface area contributed by atoms with Crippen LogP contribution < -0.4 is 0 Å². The summed E-state index contributed by atoms with van der Waals surface area (Å²) in [6, 6.07) is 9.62. The summed E-state index contributed by atoms with van der Waals surface area (Å²) in [4.78, 5) is 0. The maximum absolute atomic E-state index is 9.82. The fourth-order valence-corrected chi connectivity index (χ4v) is 2.01. The maximum atomic E-state index is 9.82. The minimum atomic E-state index is -0.675. The summed E-state index contributed by atoms with van der Waals surface area (Å²) in [7, 11) is 0. The first-order valence-electron chi connectivity index (χ1n) is 6.38. The van der Waals surface area contributed by atoms with Crippen molar-refractivity contribution < 1.29 is 19.7 Å². The minimum Gasteiger partial charge on any atom is -0.393 e. The van der Waals surface area contributed by atoms with Crippen molar-refractivity contribution in [2.24, 2.45) is 0 Å². The molecule has 4 atom stereocenters. The summed E-state index contributed by atoms with van der Waals surface area (Å²) in [5.74, 6) is 0. The first kappa shape index (κ1) is 13.5. The van der Waals surface area contributed by atoms with Crippen molar-refractivity contribution in [3.8, 4) is 0 Å². The number of ether oxygens (including phenoxy) is 2. The van der Waals surface area contributed by atoms with Gasteiger partial charge in [0, 0.05) is 12.0 Å². The first-order chi connectivity index (χ1) is 8.70. The molecule has 0 spiro atoms. The zero-order chi connectivity index (χ0) is 13.0. The SMILES string of the molecule is CC[C@H](O)C[C@@H]1OC(c2ccccc2)OC[C@H]1O. The normalized spacial score (nSPS) is 30.1. The molecule has 2 N–H and O–H groups in total. The highest BCUT2D eigenvalue weighted by Gasteiger charge is 2.32. The van der Waals surface area contributed by atoms with Gasteiger partial charge in [-0.05, 0) is 6.42 Å². The van der Waals surface area contributed by atoms with Crippen molar-refractivity contribution in [3.05, 3.63) is 35.9 Å². The van der Waals surface area contributed by atoms with E-state index in [0.717, 1.165) is 5.56 Å². The summed E-state index contributed by atoms with van der Waals surface area (Å²) in [5, 5.41) is 19.5. The molecular formula is C14H20O4. The fraction of sp³-hybridized carbons (Fsp3) is 0.571. The van der Waals surface area contributed by atoms with Crippen LogP contribution in [-0.4, -0.2) is 35.1 Å². The molecule has 1 aliphatic heterocycles. The standard InChI is InChI=1S/C14H20O4/c1-2-11(15)8-13-12(16)9-17-14(18-13)10-6-4-3-5-7-10/h3-7,11-16H,2,8-9H2,1H3/t11-,12+,13-,14?/m0/s1. The molecule has 1 saturated heterocycles.